The van der Waals surface area contributed by atoms with Crippen molar-refractivity contribution in [2.24, 2.45) is 0 Å². The fourth-order valence-electron chi connectivity index (χ4n) is 2.61. The van der Waals surface area contributed by atoms with Crippen LogP contribution in [0.25, 0.3) is 0 Å². The van der Waals surface area contributed by atoms with Crippen molar-refractivity contribution >= 4 is 0 Å². The van der Waals surface area contributed by atoms with Crippen molar-refractivity contribution in [2.45, 2.75) is 30.8 Å². The second-order valence-electron chi connectivity index (χ2n) is 5.31. The highest BCUT2D eigenvalue weighted by Gasteiger charge is 2.40. The monoisotopic (exact) mass is 297 g/mol. The van der Waals surface area contributed by atoms with Gasteiger partial charge in [0.15, 0.2) is 0 Å². The number of piperidine rings is 1. The topological polar surface area (TPSA) is 93.4 Å². The highest BCUT2D eigenvalue weighted by Crippen LogP contribution is 2.19. The molecule has 1 fully saturated rings. The normalized spacial score (nSPS) is 30.3. The van der Waals surface area contributed by atoms with Crippen molar-refractivity contribution in [2.75, 3.05) is 26.3 Å². The Morgan fingerprint density at radius 2 is 1.81 bits per heavy atom. The van der Waals surface area contributed by atoms with E-state index in [2.05, 4.69) is 0 Å². The van der Waals surface area contributed by atoms with Crippen molar-refractivity contribution in [3.05, 3.63) is 30.3 Å². The van der Waals surface area contributed by atoms with Gasteiger partial charge in [-0.05, 0) is 18.6 Å². The molecule has 1 aromatic carbocycles. The van der Waals surface area contributed by atoms with Crippen LogP contribution < -0.4 is 4.74 Å². The van der Waals surface area contributed by atoms with Crippen LogP contribution in [0.1, 0.15) is 6.42 Å². The van der Waals surface area contributed by atoms with E-state index in [-0.39, 0.29) is 13.2 Å². The number of aliphatic hydroxyl groups excluding tert-OH is 4. The lowest BCUT2D eigenvalue weighted by Gasteiger charge is -2.43. The van der Waals surface area contributed by atoms with Gasteiger partial charge >= 0.3 is 0 Å². The van der Waals surface area contributed by atoms with E-state index < -0.39 is 24.4 Å². The minimum absolute atomic E-state index is 0.231. The van der Waals surface area contributed by atoms with Gasteiger partial charge in [0.05, 0.1) is 25.4 Å². The third kappa shape index (κ3) is 4.15. The molecule has 6 nitrogen and oxygen atoms in total. The zero-order valence-corrected chi connectivity index (χ0v) is 11.9. The Labute approximate surface area is 124 Å². The van der Waals surface area contributed by atoms with E-state index in [1.54, 1.807) is 4.90 Å². The summed E-state index contributed by atoms with van der Waals surface area (Å²) < 4.78 is 5.58. The minimum Gasteiger partial charge on any atom is -0.494 e. The van der Waals surface area contributed by atoms with Crippen LogP contribution in [0.3, 0.4) is 0 Å². The minimum atomic E-state index is -1.21. The van der Waals surface area contributed by atoms with Gasteiger partial charge in [-0.25, -0.2) is 0 Å². The molecule has 21 heavy (non-hydrogen) atoms. The van der Waals surface area contributed by atoms with Crippen LogP contribution in [0.5, 0.6) is 5.75 Å². The molecule has 1 aliphatic rings. The van der Waals surface area contributed by atoms with E-state index in [9.17, 15) is 20.4 Å². The van der Waals surface area contributed by atoms with Crippen LogP contribution in [0, 0.1) is 0 Å². The van der Waals surface area contributed by atoms with Gasteiger partial charge in [-0.2, -0.15) is 0 Å². The number of likely N-dealkylation sites (tertiary alicyclic amines) is 1. The summed E-state index contributed by atoms with van der Waals surface area (Å²) in [6, 6.07) is 8.91. The van der Waals surface area contributed by atoms with Crippen LogP contribution >= 0.6 is 0 Å². The molecule has 1 heterocycles. The molecule has 1 saturated heterocycles. The number of para-hydroxylation sites is 1. The lowest BCUT2D eigenvalue weighted by atomic mass is 9.94. The van der Waals surface area contributed by atoms with Gasteiger partial charge in [-0.15, -0.1) is 0 Å². The summed E-state index contributed by atoms with van der Waals surface area (Å²) in [5.41, 5.74) is 0. The fourth-order valence-corrected chi connectivity index (χ4v) is 2.61. The summed E-state index contributed by atoms with van der Waals surface area (Å²) in [7, 11) is 0. The molecule has 4 N–H and O–H groups in total. The molecule has 0 saturated carbocycles. The van der Waals surface area contributed by atoms with Crippen molar-refractivity contribution in [1.29, 1.82) is 0 Å². The highest BCUT2D eigenvalue weighted by molar-refractivity contribution is 5.20. The smallest absolute Gasteiger partial charge is 0.119 e. The molecule has 0 bridgehead atoms. The zero-order valence-electron chi connectivity index (χ0n) is 11.9. The standard InChI is InChI=1S/C15H23NO5/c17-10-12-14(19)15(20)13(18)9-16(12)7-4-8-21-11-5-2-1-3-6-11/h1-3,5-6,12-15,17-20H,4,7-10H2/t12-,13+,14-,15-/m1/s1. The largest absolute Gasteiger partial charge is 0.494 e. The predicted octanol–water partition coefficient (Wildman–Crippen LogP) is -0.785. The Kier molecular flexibility index (Phi) is 5.96. The van der Waals surface area contributed by atoms with Gasteiger partial charge in [0.1, 0.15) is 18.0 Å². The van der Waals surface area contributed by atoms with Gasteiger partial charge in [0.25, 0.3) is 0 Å². The van der Waals surface area contributed by atoms with Crippen LogP contribution in [0.4, 0.5) is 0 Å². The molecular formula is C15H23NO5. The molecule has 0 spiro atoms. The molecule has 6 heteroatoms. The summed E-state index contributed by atoms with van der Waals surface area (Å²) in [6.45, 7) is 1.05. The molecule has 118 valence electrons. The molecule has 0 amide bonds. The third-order valence-corrected chi connectivity index (χ3v) is 3.82. The lowest BCUT2D eigenvalue weighted by molar-refractivity contribution is -0.145. The average molecular weight is 297 g/mol. The molecular weight excluding hydrogens is 274 g/mol. The second kappa shape index (κ2) is 7.72. The number of ether oxygens (including phenoxy) is 1. The quantitative estimate of drug-likeness (QED) is 0.515. The van der Waals surface area contributed by atoms with Gasteiger partial charge in [-0.1, -0.05) is 18.2 Å². The van der Waals surface area contributed by atoms with Crippen LogP contribution in [-0.2, 0) is 0 Å². The first-order chi connectivity index (χ1) is 10.1. The van der Waals surface area contributed by atoms with E-state index in [0.29, 0.717) is 19.6 Å². The van der Waals surface area contributed by atoms with Gasteiger partial charge in [0, 0.05) is 13.1 Å². The molecule has 0 aromatic heterocycles. The molecule has 2 rings (SSSR count). The number of hydrogen-bond donors (Lipinski definition) is 4. The SMILES string of the molecule is OC[C@@H]1[C@@H](O)[C@H](O)[C@@H](O)CN1CCCOc1ccccc1. The van der Waals surface area contributed by atoms with Crippen LogP contribution in [0.2, 0.25) is 0 Å². The summed E-state index contributed by atoms with van der Waals surface area (Å²) >= 11 is 0. The van der Waals surface area contributed by atoms with Crippen LogP contribution in [0.15, 0.2) is 30.3 Å². The number of aliphatic hydroxyl groups is 4. The Balaban J connectivity index is 1.78. The first-order valence-corrected chi connectivity index (χ1v) is 7.20. The van der Waals surface area contributed by atoms with Crippen LogP contribution in [-0.4, -0.2) is 76.0 Å². The summed E-state index contributed by atoms with van der Waals surface area (Å²) in [4.78, 5) is 1.79. The Morgan fingerprint density at radius 3 is 2.48 bits per heavy atom. The average Bonchev–Trinajstić information content (AvgIpc) is 2.50. The maximum absolute atomic E-state index is 9.87. The van der Waals surface area contributed by atoms with E-state index in [1.165, 1.54) is 0 Å². The van der Waals surface area contributed by atoms with E-state index in [4.69, 9.17) is 4.74 Å². The first kappa shape index (κ1) is 16.2. The number of hydrogen-bond acceptors (Lipinski definition) is 6. The number of β-amino-alcohol motifs (C(OH)–C–C–N with tert-alkyl or cyclic N) is 1. The Hall–Kier alpha value is -1.18. The van der Waals surface area contributed by atoms with Crippen molar-refractivity contribution in [3.63, 3.8) is 0 Å². The molecule has 0 aliphatic carbocycles. The lowest BCUT2D eigenvalue weighted by Crippen LogP contribution is -2.62. The fraction of sp³-hybridized carbons (Fsp3) is 0.600. The van der Waals surface area contributed by atoms with Crippen molar-refractivity contribution in [3.8, 4) is 5.75 Å². The van der Waals surface area contributed by atoms with Crippen molar-refractivity contribution in [1.82, 2.24) is 4.90 Å². The Bertz CT molecular complexity index is 416. The van der Waals surface area contributed by atoms with Gasteiger partial charge < -0.3 is 25.2 Å². The number of benzene rings is 1. The Morgan fingerprint density at radius 1 is 1.10 bits per heavy atom. The number of rotatable bonds is 6. The maximum atomic E-state index is 9.87. The third-order valence-electron chi connectivity index (χ3n) is 3.82. The zero-order chi connectivity index (χ0) is 15.2. The molecule has 4 atom stereocenters. The maximum Gasteiger partial charge on any atom is 0.119 e. The van der Waals surface area contributed by atoms with Gasteiger partial charge in [0.2, 0.25) is 0 Å². The predicted molar refractivity (Wildman–Crippen MR) is 77.0 cm³/mol. The van der Waals surface area contributed by atoms with E-state index in [0.717, 1.165) is 5.75 Å². The molecule has 1 aliphatic heterocycles. The number of nitrogens with zero attached hydrogens (tertiary/aromatic N) is 1. The second-order valence-corrected chi connectivity index (χ2v) is 5.31. The first-order valence-electron chi connectivity index (χ1n) is 7.20. The summed E-state index contributed by atoms with van der Waals surface area (Å²) in [5.74, 6) is 0.797. The van der Waals surface area contributed by atoms with Crippen molar-refractivity contribution < 1.29 is 25.2 Å². The highest BCUT2D eigenvalue weighted by atomic mass is 16.5. The summed E-state index contributed by atoms with van der Waals surface area (Å²) in [6.07, 6.45) is -2.66. The molecule has 1 aromatic rings. The van der Waals surface area contributed by atoms with Gasteiger partial charge in [-0.3, -0.25) is 4.90 Å². The summed E-state index contributed by atoms with van der Waals surface area (Å²) in [5, 5.41) is 38.5. The molecule has 0 unspecified atom stereocenters. The van der Waals surface area contributed by atoms with E-state index in [1.807, 2.05) is 30.3 Å². The molecule has 0 radical (unpaired) electrons. The van der Waals surface area contributed by atoms with E-state index >= 15 is 0 Å².